The van der Waals surface area contributed by atoms with Gasteiger partial charge in [0.05, 0.1) is 12.0 Å². The molecular formula is C12H14N2O3. The summed E-state index contributed by atoms with van der Waals surface area (Å²) >= 11 is 0. The quantitative estimate of drug-likeness (QED) is 0.368. The molecule has 5 nitrogen and oxygen atoms in total. The number of nitrogens with one attached hydrogen (secondary N) is 1. The van der Waals surface area contributed by atoms with Crippen LogP contribution in [0.1, 0.15) is 13.3 Å². The molecule has 0 amide bonds. The molecule has 0 radical (unpaired) electrons. The zero-order chi connectivity index (χ0) is 12.7. The molecule has 0 heterocycles. The zero-order valence-electron chi connectivity index (χ0n) is 9.82. The highest BCUT2D eigenvalue weighted by Gasteiger charge is 2.14. The highest BCUT2D eigenvalue weighted by molar-refractivity contribution is 5.57. The lowest BCUT2D eigenvalue weighted by molar-refractivity contribution is -0.385. The van der Waals surface area contributed by atoms with E-state index in [2.05, 4.69) is 17.2 Å². The molecule has 1 N–H and O–H groups in total. The summed E-state index contributed by atoms with van der Waals surface area (Å²) < 4.78 is 4.97. The molecule has 0 aliphatic rings. The maximum absolute atomic E-state index is 10.7. The van der Waals surface area contributed by atoms with E-state index in [-0.39, 0.29) is 11.4 Å². The van der Waals surface area contributed by atoms with Crippen molar-refractivity contribution in [1.82, 2.24) is 0 Å². The van der Waals surface area contributed by atoms with Gasteiger partial charge in [0.1, 0.15) is 0 Å². The molecule has 0 fully saturated rings. The summed E-state index contributed by atoms with van der Waals surface area (Å²) in [6, 6.07) is 4.68. The van der Waals surface area contributed by atoms with E-state index in [0.717, 1.165) is 12.1 Å². The van der Waals surface area contributed by atoms with Gasteiger partial charge < -0.3 is 10.1 Å². The first-order valence-electron chi connectivity index (χ1n) is 5.15. The molecule has 0 aromatic heterocycles. The van der Waals surface area contributed by atoms with Crippen LogP contribution in [0.15, 0.2) is 18.2 Å². The lowest BCUT2D eigenvalue weighted by Crippen LogP contribution is -2.01. The smallest absolute Gasteiger partial charge is 0.311 e. The first-order chi connectivity index (χ1) is 8.19. The van der Waals surface area contributed by atoms with E-state index < -0.39 is 4.92 Å². The first-order valence-corrected chi connectivity index (χ1v) is 5.15. The minimum atomic E-state index is -0.467. The Labute approximate surface area is 99.9 Å². The molecule has 1 aromatic carbocycles. The monoisotopic (exact) mass is 234 g/mol. The number of hydrogen-bond donors (Lipinski definition) is 1. The highest BCUT2D eigenvalue weighted by atomic mass is 16.6. The van der Waals surface area contributed by atoms with E-state index in [1.54, 1.807) is 19.1 Å². The van der Waals surface area contributed by atoms with E-state index in [0.29, 0.717) is 6.54 Å². The largest absolute Gasteiger partial charge is 0.490 e. The Hall–Kier alpha value is -2.22. The molecule has 0 atom stereocenters. The van der Waals surface area contributed by atoms with Gasteiger partial charge in [-0.1, -0.05) is 0 Å². The summed E-state index contributed by atoms with van der Waals surface area (Å²) in [5.74, 6) is 5.97. The Morgan fingerprint density at radius 3 is 2.88 bits per heavy atom. The Bertz CT molecular complexity index is 461. The van der Waals surface area contributed by atoms with Gasteiger partial charge in [-0.05, 0) is 13.0 Å². The maximum atomic E-state index is 10.7. The van der Waals surface area contributed by atoms with E-state index in [1.807, 2.05) is 0 Å². The van der Waals surface area contributed by atoms with Crippen LogP contribution in [0.4, 0.5) is 11.4 Å². The van der Waals surface area contributed by atoms with Gasteiger partial charge in [0.25, 0.3) is 0 Å². The first kappa shape index (κ1) is 12.8. The Balaban J connectivity index is 2.74. The van der Waals surface area contributed by atoms with Crippen molar-refractivity contribution in [2.75, 3.05) is 19.0 Å². The molecule has 0 spiro atoms. The summed E-state index contributed by atoms with van der Waals surface area (Å²) in [6.07, 6.45) is 0.732. The summed E-state index contributed by atoms with van der Waals surface area (Å²) in [4.78, 5) is 10.2. The molecule has 1 aromatic rings. The van der Waals surface area contributed by atoms with Crippen LogP contribution in [-0.4, -0.2) is 18.6 Å². The van der Waals surface area contributed by atoms with Crippen LogP contribution in [0.2, 0.25) is 0 Å². The Morgan fingerprint density at radius 1 is 1.53 bits per heavy atom. The van der Waals surface area contributed by atoms with E-state index in [9.17, 15) is 10.1 Å². The van der Waals surface area contributed by atoms with Crippen LogP contribution in [0.3, 0.4) is 0 Å². The highest BCUT2D eigenvalue weighted by Crippen LogP contribution is 2.29. The predicted octanol–water partition coefficient (Wildman–Crippen LogP) is 2.43. The number of benzene rings is 1. The van der Waals surface area contributed by atoms with Crippen molar-refractivity contribution in [3.63, 3.8) is 0 Å². The molecule has 0 aliphatic carbocycles. The van der Waals surface area contributed by atoms with Crippen molar-refractivity contribution < 1.29 is 9.66 Å². The van der Waals surface area contributed by atoms with Crippen molar-refractivity contribution in [3.05, 3.63) is 28.3 Å². The molecular weight excluding hydrogens is 220 g/mol. The van der Waals surface area contributed by atoms with Crippen LogP contribution in [-0.2, 0) is 0 Å². The van der Waals surface area contributed by atoms with Gasteiger partial charge >= 0.3 is 5.69 Å². The van der Waals surface area contributed by atoms with Crippen LogP contribution in [0, 0.1) is 22.0 Å². The minimum Gasteiger partial charge on any atom is -0.490 e. The van der Waals surface area contributed by atoms with E-state index >= 15 is 0 Å². The molecule has 0 saturated heterocycles. The average Bonchev–Trinajstić information content (AvgIpc) is 2.34. The van der Waals surface area contributed by atoms with Gasteiger partial charge in [0, 0.05) is 30.8 Å². The average molecular weight is 234 g/mol. The molecule has 1 rings (SSSR count). The van der Waals surface area contributed by atoms with Gasteiger partial charge in [0.15, 0.2) is 5.75 Å². The number of ether oxygens (including phenoxy) is 1. The van der Waals surface area contributed by atoms with Crippen LogP contribution < -0.4 is 10.1 Å². The lowest BCUT2D eigenvalue weighted by atomic mass is 10.2. The maximum Gasteiger partial charge on any atom is 0.311 e. The van der Waals surface area contributed by atoms with E-state index in [1.165, 1.54) is 13.2 Å². The fourth-order valence-electron chi connectivity index (χ4n) is 1.33. The number of anilines is 1. The summed E-state index contributed by atoms with van der Waals surface area (Å²) in [5.41, 5.74) is 0.747. The number of hydrogen-bond acceptors (Lipinski definition) is 4. The van der Waals surface area contributed by atoms with Gasteiger partial charge in [0.2, 0.25) is 0 Å². The van der Waals surface area contributed by atoms with E-state index in [4.69, 9.17) is 4.74 Å². The van der Waals surface area contributed by atoms with Crippen molar-refractivity contribution in [2.24, 2.45) is 0 Å². The topological polar surface area (TPSA) is 64.4 Å². The molecule has 0 unspecified atom stereocenters. The van der Waals surface area contributed by atoms with Crippen LogP contribution in [0.5, 0.6) is 5.75 Å². The van der Waals surface area contributed by atoms with Gasteiger partial charge in [-0.2, -0.15) is 0 Å². The van der Waals surface area contributed by atoms with Gasteiger partial charge in [-0.25, -0.2) is 0 Å². The van der Waals surface area contributed by atoms with Crippen LogP contribution >= 0.6 is 0 Å². The number of nitrogens with zero attached hydrogens (tertiary/aromatic N) is 1. The summed E-state index contributed by atoms with van der Waals surface area (Å²) in [6.45, 7) is 2.48. The van der Waals surface area contributed by atoms with Gasteiger partial charge in [-0.15, -0.1) is 11.8 Å². The fourth-order valence-corrected chi connectivity index (χ4v) is 1.33. The number of nitro benzene ring substituents is 1. The van der Waals surface area contributed by atoms with Crippen LogP contribution in [0.25, 0.3) is 0 Å². The Kier molecular flexibility index (Phi) is 4.82. The molecule has 5 heteroatoms. The third kappa shape index (κ3) is 3.68. The standard InChI is InChI=1S/C12H14N2O3/c1-3-4-5-8-13-10-6-7-11(14(15)16)12(9-10)17-2/h6-7,9,13H,5,8H2,1-2H3. The number of methoxy groups -OCH3 is 1. The lowest BCUT2D eigenvalue weighted by Gasteiger charge is -2.06. The second-order valence-electron chi connectivity index (χ2n) is 3.25. The molecule has 0 bridgehead atoms. The van der Waals surface area contributed by atoms with Crippen molar-refractivity contribution >= 4 is 11.4 Å². The molecule has 0 saturated carbocycles. The summed E-state index contributed by atoms with van der Waals surface area (Å²) in [5, 5.41) is 13.8. The minimum absolute atomic E-state index is 0.0357. The normalized spacial score (nSPS) is 9.06. The number of rotatable bonds is 5. The predicted molar refractivity (Wildman–Crippen MR) is 66.2 cm³/mol. The second kappa shape index (κ2) is 6.38. The third-order valence-corrected chi connectivity index (χ3v) is 2.13. The van der Waals surface area contributed by atoms with Crippen molar-refractivity contribution in [3.8, 4) is 17.6 Å². The van der Waals surface area contributed by atoms with Crippen molar-refractivity contribution in [1.29, 1.82) is 0 Å². The Morgan fingerprint density at radius 2 is 2.29 bits per heavy atom. The molecule has 17 heavy (non-hydrogen) atoms. The van der Waals surface area contributed by atoms with Gasteiger partial charge in [-0.3, -0.25) is 10.1 Å². The molecule has 90 valence electrons. The zero-order valence-corrected chi connectivity index (χ0v) is 9.82. The second-order valence-corrected chi connectivity index (χ2v) is 3.25. The third-order valence-electron chi connectivity index (χ3n) is 2.13. The number of nitro groups is 1. The van der Waals surface area contributed by atoms with Crippen molar-refractivity contribution in [2.45, 2.75) is 13.3 Å². The summed E-state index contributed by atoms with van der Waals surface area (Å²) in [7, 11) is 1.41. The SMILES string of the molecule is CC#CCCNc1ccc([N+](=O)[O-])c(OC)c1. The fraction of sp³-hybridized carbons (Fsp3) is 0.333. The molecule has 0 aliphatic heterocycles.